The molecule has 0 saturated carbocycles. The summed E-state index contributed by atoms with van der Waals surface area (Å²) in [6.45, 7) is 1.78. The number of imidazole rings is 1. The lowest BCUT2D eigenvalue weighted by Gasteiger charge is -2.04. The number of pyridine rings is 1. The molecule has 88 valence electrons. The molecule has 0 bridgehead atoms. The first kappa shape index (κ1) is 11.6. The standard InChI is InChI=1S/C11H9ClN2O3/c1-2-17-11(16)10(15)7-6-14-4-3-13-9(14)5-8(7)12/h3-6H,2H2,1H3. The lowest BCUT2D eigenvalue weighted by atomic mass is 10.2. The van der Waals surface area contributed by atoms with Crippen molar-refractivity contribution in [2.75, 3.05) is 6.61 Å². The van der Waals surface area contributed by atoms with E-state index in [1.54, 1.807) is 23.7 Å². The molecule has 2 heterocycles. The monoisotopic (exact) mass is 252 g/mol. The van der Waals surface area contributed by atoms with Crippen LogP contribution in [0.25, 0.3) is 5.65 Å². The normalized spacial score (nSPS) is 10.5. The smallest absolute Gasteiger partial charge is 0.379 e. The van der Waals surface area contributed by atoms with E-state index in [9.17, 15) is 9.59 Å². The van der Waals surface area contributed by atoms with Crippen molar-refractivity contribution in [3.8, 4) is 0 Å². The fourth-order valence-electron chi connectivity index (χ4n) is 1.41. The predicted octanol–water partition coefficient (Wildman–Crippen LogP) is 1.73. The number of ether oxygens (including phenoxy) is 1. The van der Waals surface area contributed by atoms with Gasteiger partial charge >= 0.3 is 5.97 Å². The Kier molecular flexibility index (Phi) is 3.10. The first-order chi connectivity index (χ1) is 8.13. The van der Waals surface area contributed by atoms with Gasteiger partial charge in [0, 0.05) is 24.7 Å². The second kappa shape index (κ2) is 4.55. The van der Waals surface area contributed by atoms with Crippen LogP contribution in [0, 0.1) is 0 Å². The second-order valence-corrected chi connectivity index (χ2v) is 3.68. The molecule has 0 aromatic carbocycles. The lowest BCUT2D eigenvalue weighted by Crippen LogP contribution is -2.18. The molecule has 0 amide bonds. The highest BCUT2D eigenvalue weighted by molar-refractivity contribution is 6.45. The van der Waals surface area contributed by atoms with Crippen LogP contribution in [0.2, 0.25) is 5.02 Å². The van der Waals surface area contributed by atoms with E-state index >= 15 is 0 Å². The minimum atomic E-state index is -0.908. The molecule has 0 aliphatic rings. The zero-order valence-electron chi connectivity index (χ0n) is 9.01. The van der Waals surface area contributed by atoms with Crippen LogP contribution in [0.4, 0.5) is 0 Å². The number of halogens is 1. The number of carbonyl (C=O) groups excluding carboxylic acids is 2. The zero-order chi connectivity index (χ0) is 12.4. The Morgan fingerprint density at radius 3 is 3.00 bits per heavy atom. The van der Waals surface area contributed by atoms with Gasteiger partial charge in [0.05, 0.1) is 17.2 Å². The number of esters is 1. The van der Waals surface area contributed by atoms with Crippen LogP contribution in [-0.4, -0.2) is 27.7 Å². The summed E-state index contributed by atoms with van der Waals surface area (Å²) in [5.74, 6) is -1.67. The third-order valence-electron chi connectivity index (χ3n) is 2.19. The van der Waals surface area contributed by atoms with E-state index in [0.29, 0.717) is 5.65 Å². The highest BCUT2D eigenvalue weighted by atomic mass is 35.5. The number of fused-ring (bicyclic) bond motifs is 1. The molecule has 0 aliphatic carbocycles. The van der Waals surface area contributed by atoms with Crippen LogP contribution in [0.15, 0.2) is 24.7 Å². The SMILES string of the molecule is CCOC(=O)C(=O)c1cn2ccnc2cc1Cl. The molecule has 0 aliphatic heterocycles. The van der Waals surface area contributed by atoms with Crippen molar-refractivity contribution in [2.45, 2.75) is 6.92 Å². The summed E-state index contributed by atoms with van der Waals surface area (Å²) >= 11 is 5.92. The van der Waals surface area contributed by atoms with Crippen molar-refractivity contribution in [3.05, 3.63) is 35.2 Å². The molecule has 0 spiro atoms. The number of nitrogens with zero attached hydrogens (tertiary/aromatic N) is 2. The van der Waals surface area contributed by atoms with Crippen molar-refractivity contribution >= 4 is 29.0 Å². The molecule has 0 fully saturated rings. The van der Waals surface area contributed by atoms with Crippen molar-refractivity contribution < 1.29 is 14.3 Å². The molecule has 17 heavy (non-hydrogen) atoms. The Balaban J connectivity index is 2.43. The number of aromatic nitrogens is 2. The molecular weight excluding hydrogens is 244 g/mol. The molecule has 0 saturated heterocycles. The summed E-state index contributed by atoms with van der Waals surface area (Å²) in [5.41, 5.74) is 0.714. The third-order valence-corrected chi connectivity index (χ3v) is 2.50. The van der Waals surface area contributed by atoms with Gasteiger partial charge in [-0.05, 0) is 6.92 Å². The molecular formula is C11H9ClN2O3. The van der Waals surface area contributed by atoms with Crippen molar-refractivity contribution in [1.29, 1.82) is 0 Å². The fraction of sp³-hybridized carbons (Fsp3) is 0.182. The number of rotatable bonds is 3. The molecule has 0 N–H and O–H groups in total. The average molecular weight is 253 g/mol. The van der Waals surface area contributed by atoms with E-state index < -0.39 is 11.8 Å². The zero-order valence-corrected chi connectivity index (χ0v) is 9.77. The Labute approximate surface area is 102 Å². The van der Waals surface area contributed by atoms with Gasteiger partial charge in [-0.25, -0.2) is 9.78 Å². The van der Waals surface area contributed by atoms with Crippen LogP contribution in [0.3, 0.4) is 0 Å². The summed E-state index contributed by atoms with van der Waals surface area (Å²) < 4.78 is 6.24. The Morgan fingerprint density at radius 2 is 2.29 bits per heavy atom. The van der Waals surface area contributed by atoms with Gasteiger partial charge < -0.3 is 9.14 Å². The fourth-order valence-corrected chi connectivity index (χ4v) is 1.64. The van der Waals surface area contributed by atoms with Gasteiger partial charge in [0.15, 0.2) is 0 Å². The quantitative estimate of drug-likeness (QED) is 0.474. The Hall–Kier alpha value is -1.88. The maximum Gasteiger partial charge on any atom is 0.379 e. The van der Waals surface area contributed by atoms with Gasteiger partial charge in [-0.1, -0.05) is 11.6 Å². The van der Waals surface area contributed by atoms with E-state index in [-0.39, 0.29) is 17.2 Å². The first-order valence-corrected chi connectivity index (χ1v) is 5.35. The van der Waals surface area contributed by atoms with E-state index in [1.165, 1.54) is 12.3 Å². The maximum absolute atomic E-state index is 11.7. The topological polar surface area (TPSA) is 60.7 Å². The number of hydrogen-bond acceptors (Lipinski definition) is 4. The number of Topliss-reactive ketones (excluding diaryl/α,β-unsaturated/α-hetero) is 1. The van der Waals surface area contributed by atoms with Crippen LogP contribution in [0.5, 0.6) is 0 Å². The van der Waals surface area contributed by atoms with Gasteiger partial charge in [0.2, 0.25) is 0 Å². The van der Waals surface area contributed by atoms with Gasteiger partial charge in [0.25, 0.3) is 5.78 Å². The minimum Gasteiger partial charge on any atom is -0.460 e. The number of hydrogen-bond donors (Lipinski definition) is 0. The van der Waals surface area contributed by atoms with E-state index in [2.05, 4.69) is 9.72 Å². The van der Waals surface area contributed by atoms with Crippen LogP contribution < -0.4 is 0 Å². The summed E-state index contributed by atoms with van der Waals surface area (Å²) in [7, 11) is 0. The van der Waals surface area contributed by atoms with Crippen LogP contribution in [0.1, 0.15) is 17.3 Å². The first-order valence-electron chi connectivity index (χ1n) is 4.97. The Morgan fingerprint density at radius 1 is 1.53 bits per heavy atom. The third kappa shape index (κ3) is 2.14. The summed E-state index contributed by atoms with van der Waals surface area (Å²) in [6, 6.07) is 1.52. The van der Waals surface area contributed by atoms with Crippen molar-refractivity contribution in [1.82, 2.24) is 9.38 Å². The molecule has 2 aromatic heterocycles. The molecule has 5 nitrogen and oxygen atoms in total. The van der Waals surface area contributed by atoms with E-state index in [4.69, 9.17) is 11.6 Å². The van der Waals surface area contributed by atoms with Crippen molar-refractivity contribution in [3.63, 3.8) is 0 Å². The average Bonchev–Trinajstić information content (AvgIpc) is 2.74. The van der Waals surface area contributed by atoms with E-state index in [1.807, 2.05) is 0 Å². The molecule has 0 atom stereocenters. The molecule has 2 aromatic rings. The van der Waals surface area contributed by atoms with Crippen molar-refractivity contribution in [2.24, 2.45) is 0 Å². The summed E-state index contributed by atoms with van der Waals surface area (Å²) in [4.78, 5) is 27.1. The molecule has 0 unspecified atom stereocenters. The molecule has 6 heteroatoms. The maximum atomic E-state index is 11.7. The number of ketones is 1. The Bertz CT molecular complexity index is 591. The van der Waals surface area contributed by atoms with Gasteiger partial charge in [-0.15, -0.1) is 0 Å². The van der Waals surface area contributed by atoms with Crippen LogP contribution >= 0.6 is 11.6 Å². The highest BCUT2D eigenvalue weighted by Gasteiger charge is 2.21. The predicted molar refractivity (Wildman–Crippen MR) is 61.2 cm³/mol. The second-order valence-electron chi connectivity index (χ2n) is 3.28. The largest absolute Gasteiger partial charge is 0.460 e. The van der Waals surface area contributed by atoms with Gasteiger partial charge in [-0.2, -0.15) is 0 Å². The number of carbonyl (C=O) groups is 2. The summed E-state index contributed by atoms with van der Waals surface area (Å²) in [6.07, 6.45) is 4.70. The lowest BCUT2D eigenvalue weighted by molar-refractivity contribution is -0.137. The summed E-state index contributed by atoms with van der Waals surface area (Å²) in [5, 5.41) is 0.182. The molecule has 2 rings (SSSR count). The van der Waals surface area contributed by atoms with Gasteiger partial charge in [-0.3, -0.25) is 4.79 Å². The molecule has 0 radical (unpaired) electrons. The van der Waals surface area contributed by atoms with E-state index in [0.717, 1.165) is 0 Å². The van der Waals surface area contributed by atoms with Gasteiger partial charge in [0.1, 0.15) is 5.65 Å². The minimum absolute atomic E-state index is 0.107. The highest BCUT2D eigenvalue weighted by Crippen LogP contribution is 2.18. The van der Waals surface area contributed by atoms with Crippen LogP contribution in [-0.2, 0) is 9.53 Å².